The van der Waals surface area contributed by atoms with Gasteiger partial charge in [0.25, 0.3) is 0 Å². The largest absolute Gasteiger partial charge is 0.479 e. The first kappa shape index (κ1) is 21.9. The van der Waals surface area contributed by atoms with Crippen molar-refractivity contribution in [3.63, 3.8) is 0 Å². The van der Waals surface area contributed by atoms with E-state index in [1.165, 1.54) is 0 Å². The molecule has 3 aromatic carbocycles. The van der Waals surface area contributed by atoms with E-state index in [4.69, 9.17) is 4.74 Å². The van der Waals surface area contributed by atoms with Crippen molar-refractivity contribution >= 4 is 27.8 Å². The number of fused-ring (bicyclic) bond motifs is 3. The summed E-state index contributed by atoms with van der Waals surface area (Å²) in [5, 5.41) is 21.1. The highest BCUT2D eigenvalue weighted by Gasteiger charge is 2.33. The molecule has 0 saturated heterocycles. The van der Waals surface area contributed by atoms with Gasteiger partial charge in [-0.25, -0.2) is 4.79 Å². The van der Waals surface area contributed by atoms with E-state index in [0.29, 0.717) is 11.1 Å². The molecule has 0 unspecified atom stereocenters. The van der Waals surface area contributed by atoms with E-state index in [2.05, 4.69) is 10.2 Å². The van der Waals surface area contributed by atoms with Crippen LogP contribution in [0.1, 0.15) is 49.1 Å². The maximum absolute atomic E-state index is 12.5. The third-order valence-electron chi connectivity index (χ3n) is 5.74. The Hall–Kier alpha value is -3.31. The normalized spacial score (nSPS) is 12.9. The van der Waals surface area contributed by atoms with Crippen LogP contribution >= 0.6 is 0 Å². The zero-order valence-electron chi connectivity index (χ0n) is 19.4. The van der Waals surface area contributed by atoms with Crippen LogP contribution in [-0.2, 0) is 9.53 Å². The smallest absolute Gasteiger partial charge is 0.337 e. The molecule has 0 amide bonds. The van der Waals surface area contributed by atoms with Gasteiger partial charge in [-0.05, 0) is 69.9 Å². The van der Waals surface area contributed by atoms with E-state index in [1.54, 1.807) is 0 Å². The first-order chi connectivity index (χ1) is 15.1. The first-order valence-electron chi connectivity index (χ1n) is 10.7. The Morgan fingerprint density at radius 3 is 2.22 bits per heavy atom. The van der Waals surface area contributed by atoms with Crippen LogP contribution in [0.4, 0.5) is 0 Å². The summed E-state index contributed by atoms with van der Waals surface area (Å²) < 4.78 is 6.10. The van der Waals surface area contributed by atoms with Crippen LogP contribution in [0.25, 0.3) is 32.9 Å². The number of aliphatic carboxylic acids is 1. The van der Waals surface area contributed by atoms with Crippen LogP contribution in [0, 0.1) is 20.8 Å². The molecular weight excluding hydrogens is 400 g/mol. The van der Waals surface area contributed by atoms with Gasteiger partial charge in [0, 0.05) is 16.3 Å². The highest BCUT2D eigenvalue weighted by Crippen LogP contribution is 2.43. The summed E-state index contributed by atoms with van der Waals surface area (Å²) in [5.74, 6) is -1.02. The fourth-order valence-electron chi connectivity index (χ4n) is 4.34. The molecule has 1 N–H and O–H groups in total. The van der Waals surface area contributed by atoms with Gasteiger partial charge in [-0.2, -0.15) is 0 Å². The summed E-state index contributed by atoms with van der Waals surface area (Å²) in [6.07, 6.45) is -1.14. The third-order valence-corrected chi connectivity index (χ3v) is 5.74. The molecule has 164 valence electrons. The molecule has 0 aliphatic carbocycles. The molecule has 0 radical (unpaired) electrons. The van der Waals surface area contributed by atoms with Crippen LogP contribution in [0.2, 0.25) is 0 Å². The van der Waals surface area contributed by atoms with Gasteiger partial charge in [0.1, 0.15) is 0 Å². The Balaban J connectivity index is 2.18. The number of hydrogen-bond donors (Lipinski definition) is 1. The molecule has 1 atom stereocenters. The van der Waals surface area contributed by atoms with E-state index >= 15 is 0 Å². The number of hydrogen-bond acceptors (Lipinski definition) is 4. The van der Waals surface area contributed by atoms with Gasteiger partial charge in [0.2, 0.25) is 0 Å². The molecule has 0 bridgehead atoms. The quantitative estimate of drug-likeness (QED) is 0.385. The number of benzene rings is 3. The van der Waals surface area contributed by atoms with Gasteiger partial charge in [-0.15, -0.1) is 10.2 Å². The van der Waals surface area contributed by atoms with Crippen molar-refractivity contribution in [2.24, 2.45) is 0 Å². The lowest BCUT2D eigenvalue weighted by atomic mass is 9.84. The number of carboxylic acid groups (broad SMARTS) is 1. The molecule has 32 heavy (non-hydrogen) atoms. The van der Waals surface area contributed by atoms with Gasteiger partial charge >= 0.3 is 5.97 Å². The van der Waals surface area contributed by atoms with Crippen LogP contribution in [-0.4, -0.2) is 26.9 Å². The summed E-state index contributed by atoms with van der Waals surface area (Å²) in [6, 6.07) is 16.1. The summed E-state index contributed by atoms with van der Waals surface area (Å²) in [4.78, 5) is 12.5. The van der Waals surface area contributed by atoms with E-state index < -0.39 is 17.7 Å². The van der Waals surface area contributed by atoms with Crippen LogP contribution < -0.4 is 0 Å². The van der Waals surface area contributed by atoms with E-state index in [0.717, 1.165) is 44.1 Å². The summed E-state index contributed by atoms with van der Waals surface area (Å²) in [7, 11) is 0. The average Bonchev–Trinajstić information content (AvgIpc) is 2.74. The van der Waals surface area contributed by atoms with E-state index in [-0.39, 0.29) is 0 Å². The molecule has 1 aromatic heterocycles. The molecular formula is C27H28N2O3. The van der Waals surface area contributed by atoms with Crippen molar-refractivity contribution in [1.29, 1.82) is 0 Å². The van der Waals surface area contributed by atoms with Crippen molar-refractivity contribution in [3.8, 4) is 11.1 Å². The Morgan fingerprint density at radius 2 is 1.59 bits per heavy atom. The van der Waals surface area contributed by atoms with Gasteiger partial charge in [-0.3, -0.25) is 0 Å². The Morgan fingerprint density at radius 1 is 0.938 bits per heavy atom. The molecule has 4 rings (SSSR count). The number of ether oxygens (including phenoxy) is 1. The van der Waals surface area contributed by atoms with Crippen molar-refractivity contribution in [3.05, 3.63) is 70.8 Å². The fourth-order valence-corrected chi connectivity index (χ4v) is 4.34. The maximum Gasteiger partial charge on any atom is 0.337 e. The molecule has 0 spiro atoms. The van der Waals surface area contributed by atoms with Crippen LogP contribution in [0.3, 0.4) is 0 Å². The minimum absolute atomic E-state index is 0.630. The second kappa shape index (κ2) is 7.99. The summed E-state index contributed by atoms with van der Waals surface area (Å²) in [6.45, 7) is 11.6. The zero-order valence-corrected chi connectivity index (χ0v) is 19.4. The number of aromatic nitrogens is 2. The van der Waals surface area contributed by atoms with Gasteiger partial charge in [-0.1, -0.05) is 48.0 Å². The lowest BCUT2D eigenvalue weighted by molar-refractivity contribution is -0.160. The number of nitrogens with zero attached hydrogens (tertiary/aromatic N) is 2. The predicted molar refractivity (Wildman–Crippen MR) is 128 cm³/mol. The highest BCUT2D eigenvalue weighted by molar-refractivity contribution is 6.09. The zero-order chi connectivity index (χ0) is 23.2. The fraction of sp³-hybridized carbons (Fsp3) is 0.296. The minimum Gasteiger partial charge on any atom is -0.479 e. The molecule has 5 heteroatoms. The van der Waals surface area contributed by atoms with Crippen molar-refractivity contribution in [2.45, 2.75) is 53.2 Å². The Kier molecular flexibility index (Phi) is 5.47. The van der Waals surface area contributed by atoms with Crippen molar-refractivity contribution in [2.75, 3.05) is 0 Å². The second-order valence-electron chi connectivity index (χ2n) is 9.29. The van der Waals surface area contributed by atoms with Crippen LogP contribution in [0.5, 0.6) is 0 Å². The maximum atomic E-state index is 12.5. The molecule has 0 aliphatic heterocycles. The lowest BCUT2D eigenvalue weighted by Gasteiger charge is -2.29. The monoisotopic (exact) mass is 428 g/mol. The highest BCUT2D eigenvalue weighted by atomic mass is 16.5. The van der Waals surface area contributed by atoms with Crippen LogP contribution in [0.15, 0.2) is 48.5 Å². The number of aryl methyl sites for hydroxylation is 3. The Labute approximate surface area is 188 Å². The summed E-state index contributed by atoms with van der Waals surface area (Å²) >= 11 is 0. The summed E-state index contributed by atoms with van der Waals surface area (Å²) in [5.41, 5.74) is 6.23. The number of carboxylic acids is 1. The van der Waals surface area contributed by atoms with Crippen molar-refractivity contribution < 1.29 is 14.6 Å². The number of carbonyl (C=O) groups is 1. The molecule has 0 saturated carbocycles. The van der Waals surface area contributed by atoms with Gasteiger partial charge in [0.15, 0.2) is 6.10 Å². The lowest BCUT2D eigenvalue weighted by Crippen LogP contribution is -2.28. The van der Waals surface area contributed by atoms with Gasteiger partial charge < -0.3 is 9.84 Å². The SMILES string of the molecule is Cc1ccc(-c2c([C@H](OC(C)(C)C)C(=O)O)c(C)c3nnc4ccccc4c3c2C)cc1. The minimum atomic E-state index is -1.14. The molecule has 0 aliphatic rings. The van der Waals surface area contributed by atoms with E-state index in [1.807, 2.05) is 90.1 Å². The second-order valence-corrected chi connectivity index (χ2v) is 9.29. The molecule has 1 heterocycles. The third kappa shape index (κ3) is 3.84. The van der Waals surface area contributed by atoms with Crippen molar-refractivity contribution in [1.82, 2.24) is 10.2 Å². The van der Waals surface area contributed by atoms with Gasteiger partial charge in [0.05, 0.1) is 16.6 Å². The number of rotatable bonds is 4. The Bertz CT molecular complexity index is 1340. The molecule has 4 aromatic rings. The average molecular weight is 429 g/mol. The molecule has 0 fully saturated rings. The standard InChI is InChI=1S/C27H28N2O3/c1-15-11-13-18(14-12-15)21-16(2)22-19-9-7-8-10-20(19)28-29-24(22)17(3)23(21)25(26(30)31)32-27(4,5)6/h7-14,25H,1-6H3,(H,30,31)/t25-/m0/s1. The topological polar surface area (TPSA) is 72.3 Å². The van der Waals surface area contributed by atoms with E-state index in [9.17, 15) is 9.90 Å². The first-order valence-corrected chi connectivity index (χ1v) is 10.7. The predicted octanol–water partition coefficient (Wildman–Crippen LogP) is 6.32. The molecule has 5 nitrogen and oxygen atoms in total.